The van der Waals surface area contributed by atoms with Crippen LogP contribution in [0.25, 0.3) is 10.9 Å². The van der Waals surface area contributed by atoms with Crippen LogP contribution in [0.3, 0.4) is 0 Å². The molecule has 1 heterocycles. The highest BCUT2D eigenvalue weighted by molar-refractivity contribution is 6.41. The van der Waals surface area contributed by atoms with E-state index in [1.165, 1.54) is 0 Å². The third-order valence-electron chi connectivity index (χ3n) is 3.50. The summed E-state index contributed by atoms with van der Waals surface area (Å²) in [4.78, 5) is 15.6. The molecule has 0 unspecified atom stereocenters. The van der Waals surface area contributed by atoms with Gasteiger partial charge in [-0.3, -0.25) is 4.79 Å². The standard InChI is InChI=1S/C14H13Cl2NO/c1-14(2)5-9-12(10(18)6-14)11-7(15)3-4-8(16)13(11)17-9/h3-4,17H,5-6H2,1-2H3. The molecule has 2 nitrogen and oxygen atoms in total. The van der Waals surface area contributed by atoms with Crippen LogP contribution in [0.5, 0.6) is 0 Å². The lowest BCUT2D eigenvalue weighted by atomic mass is 9.76. The second-order valence-electron chi connectivity index (χ2n) is 5.70. The van der Waals surface area contributed by atoms with Gasteiger partial charge in [0.1, 0.15) is 0 Å². The van der Waals surface area contributed by atoms with E-state index in [9.17, 15) is 4.79 Å². The number of fused-ring (bicyclic) bond motifs is 3. The molecule has 0 fully saturated rings. The summed E-state index contributed by atoms with van der Waals surface area (Å²) >= 11 is 12.4. The summed E-state index contributed by atoms with van der Waals surface area (Å²) in [5.41, 5.74) is 2.46. The maximum atomic E-state index is 12.3. The van der Waals surface area contributed by atoms with Crippen LogP contribution in [-0.4, -0.2) is 10.8 Å². The number of nitrogens with one attached hydrogen (secondary N) is 1. The molecule has 3 rings (SSSR count). The zero-order chi connectivity index (χ0) is 13.1. The Labute approximate surface area is 115 Å². The van der Waals surface area contributed by atoms with Crippen LogP contribution in [0.4, 0.5) is 0 Å². The van der Waals surface area contributed by atoms with E-state index in [4.69, 9.17) is 23.2 Å². The van der Waals surface area contributed by atoms with Gasteiger partial charge >= 0.3 is 0 Å². The molecule has 1 aliphatic carbocycles. The second-order valence-corrected chi connectivity index (χ2v) is 6.51. The molecule has 0 saturated carbocycles. The van der Waals surface area contributed by atoms with Gasteiger partial charge in [-0.1, -0.05) is 37.0 Å². The Balaban J connectivity index is 2.37. The molecule has 94 valence electrons. The lowest BCUT2D eigenvalue weighted by Gasteiger charge is -2.28. The number of hydrogen-bond acceptors (Lipinski definition) is 1. The molecular weight excluding hydrogens is 269 g/mol. The van der Waals surface area contributed by atoms with E-state index in [-0.39, 0.29) is 11.2 Å². The Kier molecular flexibility index (Phi) is 2.51. The van der Waals surface area contributed by atoms with Crippen LogP contribution < -0.4 is 0 Å². The molecule has 1 aromatic heterocycles. The van der Waals surface area contributed by atoms with Gasteiger partial charge in [0.2, 0.25) is 0 Å². The Bertz CT molecular complexity index is 670. The summed E-state index contributed by atoms with van der Waals surface area (Å²) in [5, 5.41) is 1.97. The molecule has 0 spiro atoms. The fourth-order valence-electron chi connectivity index (χ4n) is 2.79. The summed E-state index contributed by atoms with van der Waals surface area (Å²) < 4.78 is 0. The predicted molar refractivity (Wildman–Crippen MR) is 74.8 cm³/mol. The van der Waals surface area contributed by atoms with E-state index >= 15 is 0 Å². The van der Waals surface area contributed by atoms with Gasteiger partial charge in [-0.2, -0.15) is 0 Å². The number of hydrogen-bond donors (Lipinski definition) is 1. The van der Waals surface area contributed by atoms with Gasteiger partial charge in [-0.05, 0) is 24.0 Å². The number of H-pyrrole nitrogens is 1. The number of rotatable bonds is 0. The number of aromatic nitrogens is 1. The van der Waals surface area contributed by atoms with E-state index in [0.717, 1.165) is 28.6 Å². The highest BCUT2D eigenvalue weighted by Gasteiger charge is 2.34. The number of benzene rings is 1. The molecular formula is C14H13Cl2NO. The lowest BCUT2D eigenvalue weighted by molar-refractivity contribution is 0.0913. The highest BCUT2D eigenvalue weighted by Crippen LogP contribution is 2.41. The molecule has 0 amide bonds. The van der Waals surface area contributed by atoms with E-state index in [1.54, 1.807) is 12.1 Å². The summed E-state index contributed by atoms with van der Waals surface area (Å²) in [6.45, 7) is 4.20. The van der Waals surface area contributed by atoms with Gasteiger partial charge < -0.3 is 4.98 Å². The van der Waals surface area contributed by atoms with Crippen molar-refractivity contribution in [2.24, 2.45) is 5.41 Å². The number of carbonyl (C=O) groups excluding carboxylic acids is 1. The third-order valence-corrected chi connectivity index (χ3v) is 4.13. The Morgan fingerprint density at radius 1 is 1.17 bits per heavy atom. The van der Waals surface area contributed by atoms with Gasteiger partial charge in [-0.25, -0.2) is 0 Å². The van der Waals surface area contributed by atoms with Gasteiger partial charge in [0.05, 0.1) is 15.6 Å². The first-order valence-electron chi connectivity index (χ1n) is 5.91. The quantitative estimate of drug-likeness (QED) is 0.750. The van der Waals surface area contributed by atoms with Crippen LogP contribution in [-0.2, 0) is 6.42 Å². The highest BCUT2D eigenvalue weighted by atomic mass is 35.5. The molecule has 18 heavy (non-hydrogen) atoms. The molecule has 2 aromatic rings. The van der Waals surface area contributed by atoms with Gasteiger partial charge in [0.15, 0.2) is 5.78 Å². The van der Waals surface area contributed by atoms with Crippen LogP contribution in [0.2, 0.25) is 10.0 Å². The molecule has 4 heteroatoms. The fourth-order valence-corrected chi connectivity index (χ4v) is 3.24. The van der Waals surface area contributed by atoms with Crippen LogP contribution in [0.15, 0.2) is 12.1 Å². The molecule has 0 bridgehead atoms. The van der Waals surface area contributed by atoms with Crippen molar-refractivity contribution < 1.29 is 4.79 Å². The number of ketones is 1. The molecule has 0 aliphatic heterocycles. The van der Waals surface area contributed by atoms with E-state index < -0.39 is 0 Å². The first-order valence-corrected chi connectivity index (χ1v) is 6.66. The molecule has 1 aliphatic rings. The third kappa shape index (κ3) is 1.67. The van der Waals surface area contributed by atoms with Crippen LogP contribution in [0, 0.1) is 5.41 Å². The van der Waals surface area contributed by atoms with E-state index in [1.807, 2.05) is 0 Å². The monoisotopic (exact) mass is 281 g/mol. The first kappa shape index (κ1) is 12.1. The smallest absolute Gasteiger partial charge is 0.165 e. The van der Waals surface area contributed by atoms with Crippen molar-refractivity contribution in [2.75, 3.05) is 0 Å². The maximum Gasteiger partial charge on any atom is 0.165 e. The Morgan fingerprint density at radius 3 is 2.56 bits per heavy atom. The normalized spacial score (nSPS) is 18.1. The zero-order valence-corrected chi connectivity index (χ0v) is 11.7. The van der Waals surface area contributed by atoms with Crippen molar-refractivity contribution >= 4 is 39.9 Å². The SMILES string of the molecule is CC1(C)CC(=O)c2c([nH]c3c(Cl)ccc(Cl)c23)C1. The van der Waals surface area contributed by atoms with Crippen molar-refractivity contribution in [2.45, 2.75) is 26.7 Å². The first-order chi connectivity index (χ1) is 8.39. The minimum atomic E-state index is -0.0100. The summed E-state index contributed by atoms with van der Waals surface area (Å²) in [6, 6.07) is 3.50. The van der Waals surface area contributed by atoms with Gasteiger partial charge in [0.25, 0.3) is 0 Å². The fraction of sp³-hybridized carbons (Fsp3) is 0.357. The Morgan fingerprint density at radius 2 is 1.83 bits per heavy atom. The summed E-state index contributed by atoms with van der Waals surface area (Å²) in [5.74, 6) is 0.150. The molecule has 1 N–H and O–H groups in total. The largest absolute Gasteiger partial charge is 0.356 e. The number of halogens is 2. The maximum absolute atomic E-state index is 12.3. The zero-order valence-electron chi connectivity index (χ0n) is 10.2. The van der Waals surface area contributed by atoms with Crippen LogP contribution in [0.1, 0.15) is 36.3 Å². The minimum absolute atomic E-state index is 0.0100. The summed E-state index contributed by atoms with van der Waals surface area (Å²) in [7, 11) is 0. The topological polar surface area (TPSA) is 32.9 Å². The van der Waals surface area contributed by atoms with E-state index in [0.29, 0.717) is 16.5 Å². The average molecular weight is 282 g/mol. The molecule has 0 atom stereocenters. The van der Waals surface area contributed by atoms with Crippen molar-refractivity contribution in [1.29, 1.82) is 0 Å². The van der Waals surface area contributed by atoms with Gasteiger partial charge in [-0.15, -0.1) is 0 Å². The number of carbonyl (C=O) groups is 1. The molecule has 0 radical (unpaired) electrons. The minimum Gasteiger partial charge on any atom is -0.356 e. The average Bonchev–Trinajstić information content (AvgIpc) is 2.62. The summed E-state index contributed by atoms with van der Waals surface area (Å²) in [6.07, 6.45) is 1.39. The van der Waals surface area contributed by atoms with Gasteiger partial charge in [0, 0.05) is 23.1 Å². The van der Waals surface area contributed by atoms with Crippen molar-refractivity contribution in [1.82, 2.24) is 4.98 Å². The Hall–Kier alpha value is -0.990. The van der Waals surface area contributed by atoms with E-state index in [2.05, 4.69) is 18.8 Å². The molecule has 0 saturated heterocycles. The van der Waals surface area contributed by atoms with Crippen molar-refractivity contribution in [3.63, 3.8) is 0 Å². The number of Topliss-reactive ketones (excluding diaryl/α,β-unsaturated/α-hetero) is 1. The van der Waals surface area contributed by atoms with Crippen LogP contribution >= 0.6 is 23.2 Å². The number of aromatic amines is 1. The predicted octanol–water partition coefficient (Wildman–Crippen LogP) is 4.63. The molecule has 1 aromatic carbocycles. The van der Waals surface area contributed by atoms with Crippen molar-refractivity contribution in [3.05, 3.63) is 33.4 Å². The lowest BCUT2D eigenvalue weighted by Crippen LogP contribution is -2.26. The second kappa shape index (κ2) is 3.75. The van der Waals surface area contributed by atoms with Crippen molar-refractivity contribution in [3.8, 4) is 0 Å².